The molecule has 2 fully saturated rings. The molecule has 2 aliphatic rings. The van der Waals surface area contributed by atoms with Crippen molar-refractivity contribution >= 4 is 15.9 Å². The minimum absolute atomic E-state index is 0.127. The molecule has 0 saturated carbocycles. The van der Waals surface area contributed by atoms with Gasteiger partial charge in [0.15, 0.2) is 0 Å². The largest absolute Gasteiger partial charge is 0.375 e. The molecule has 0 aliphatic carbocycles. The van der Waals surface area contributed by atoms with E-state index in [0.717, 1.165) is 30.5 Å². The Morgan fingerprint density at radius 1 is 0.944 bits per heavy atom. The highest BCUT2D eigenvalue weighted by Gasteiger charge is 2.58. The fourth-order valence-electron chi connectivity index (χ4n) is 6.69. The molecule has 0 radical (unpaired) electrons. The van der Waals surface area contributed by atoms with Gasteiger partial charge in [0, 0.05) is 12.6 Å². The lowest BCUT2D eigenvalue weighted by molar-refractivity contribution is 0.0156. The van der Waals surface area contributed by atoms with Crippen LogP contribution in [0.25, 0.3) is 0 Å². The molecule has 4 unspecified atom stereocenters. The SMILES string of the molecule is CC1CC2CCC(CC(C#N)(c3ccccc3)c3ccccc3)C1(Br)N2CCOCc1ccccc1. The monoisotopic (exact) mass is 542 g/mol. The minimum atomic E-state index is -0.682. The van der Waals surface area contributed by atoms with E-state index in [2.05, 4.69) is 107 Å². The van der Waals surface area contributed by atoms with Crippen LogP contribution in [0, 0.1) is 23.2 Å². The first-order valence-electron chi connectivity index (χ1n) is 13.2. The van der Waals surface area contributed by atoms with Crippen molar-refractivity contribution < 1.29 is 4.74 Å². The smallest absolute Gasteiger partial charge is 0.107 e. The van der Waals surface area contributed by atoms with Gasteiger partial charge in [-0.1, -0.05) is 114 Å². The summed E-state index contributed by atoms with van der Waals surface area (Å²) in [5.41, 5.74) is 2.70. The Hall–Kier alpha value is -2.45. The average Bonchev–Trinajstić information content (AvgIpc) is 3.10. The highest BCUT2D eigenvalue weighted by atomic mass is 79.9. The van der Waals surface area contributed by atoms with Crippen molar-refractivity contribution in [1.29, 1.82) is 5.26 Å². The van der Waals surface area contributed by atoms with Crippen LogP contribution in [0.3, 0.4) is 0 Å². The molecule has 3 aromatic rings. The van der Waals surface area contributed by atoms with Crippen LogP contribution in [0.1, 0.15) is 49.3 Å². The summed E-state index contributed by atoms with van der Waals surface area (Å²) in [7, 11) is 0. The number of fused-ring (bicyclic) bond motifs is 2. The van der Waals surface area contributed by atoms with Gasteiger partial charge < -0.3 is 4.74 Å². The zero-order valence-corrected chi connectivity index (χ0v) is 22.6. The summed E-state index contributed by atoms with van der Waals surface area (Å²) in [5.74, 6) is 0.854. The number of halogens is 1. The number of nitriles is 1. The van der Waals surface area contributed by atoms with Crippen LogP contribution in [-0.4, -0.2) is 28.5 Å². The van der Waals surface area contributed by atoms with Gasteiger partial charge in [-0.25, -0.2) is 0 Å². The highest BCUT2D eigenvalue weighted by Crippen LogP contribution is 2.57. The molecule has 2 heterocycles. The first-order chi connectivity index (χ1) is 17.6. The molecule has 186 valence electrons. The molecule has 3 nitrogen and oxygen atoms in total. The average molecular weight is 544 g/mol. The van der Waals surface area contributed by atoms with Crippen LogP contribution in [-0.2, 0) is 16.8 Å². The Kier molecular flexibility index (Phi) is 7.62. The van der Waals surface area contributed by atoms with E-state index in [9.17, 15) is 5.26 Å². The second-order valence-corrected chi connectivity index (χ2v) is 11.7. The normalized spacial score (nSPS) is 26.0. The summed E-state index contributed by atoms with van der Waals surface area (Å²) in [4.78, 5) is 2.66. The number of ether oxygens (including phenoxy) is 1. The Balaban J connectivity index is 1.39. The molecule has 0 aromatic heterocycles. The molecule has 0 N–H and O–H groups in total. The zero-order valence-electron chi connectivity index (χ0n) is 21.0. The zero-order chi connectivity index (χ0) is 25.0. The van der Waals surface area contributed by atoms with E-state index in [-0.39, 0.29) is 4.45 Å². The van der Waals surface area contributed by atoms with Gasteiger partial charge in [0.05, 0.1) is 23.7 Å². The number of alkyl halides is 1. The lowest BCUT2D eigenvalue weighted by atomic mass is 9.67. The summed E-state index contributed by atoms with van der Waals surface area (Å²) in [5, 5.41) is 10.8. The fourth-order valence-corrected chi connectivity index (χ4v) is 7.73. The van der Waals surface area contributed by atoms with E-state index < -0.39 is 5.41 Å². The molecule has 4 heteroatoms. The molecular weight excluding hydrogens is 508 g/mol. The lowest BCUT2D eigenvalue weighted by Crippen LogP contribution is -2.55. The second kappa shape index (κ2) is 10.9. The van der Waals surface area contributed by atoms with Crippen molar-refractivity contribution in [1.82, 2.24) is 4.90 Å². The number of rotatable bonds is 9. The van der Waals surface area contributed by atoms with Gasteiger partial charge in [-0.3, -0.25) is 4.90 Å². The van der Waals surface area contributed by atoms with Crippen LogP contribution in [0.2, 0.25) is 0 Å². The third kappa shape index (κ3) is 4.65. The van der Waals surface area contributed by atoms with Crippen LogP contribution in [0.5, 0.6) is 0 Å². The van der Waals surface area contributed by atoms with E-state index in [1.54, 1.807) is 0 Å². The van der Waals surface area contributed by atoms with Crippen molar-refractivity contribution in [3.8, 4) is 6.07 Å². The first-order valence-corrected chi connectivity index (χ1v) is 14.0. The molecule has 3 aromatic carbocycles. The molecule has 2 aliphatic heterocycles. The van der Waals surface area contributed by atoms with Gasteiger partial charge in [0.2, 0.25) is 0 Å². The Morgan fingerprint density at radius 3 is 2.11 bits per heavy atom. The topological polar surface area (TPSA) is 36.3 Å². The predicted molar refractivity (Wildman–Crippen MR) is 149 cm³/mol. The summed E-state index contributed by atoms with van der Waals surface area (Å²) in [6.07, 6.45) is 4.29. The van der Waals surface area contributed by atoms with Gasteiger partial charge in [0.25, 0.3) is 0 Å². The van der Waals surface area contributed by atoms with Gasteiger partial charge in [-0.15, -0.1) is 0 Å². The number of nitrogens with zero attached hydrogens (tertiary/aromatic N) is 2. The fraction of sp³-hybridized carbons (Fsp3) is 0.406. The number of hydrogen-bond acceptors (Lipinski definition) is 3. The van der Waals surface area contributed by atoms with Crippen molar-refractivity contribution in [3.05, 3.63) is 108 Å². The predicted octanol–water partition coefficient (Wildman–Crippen LogP) is 7.31. The van der Waals surface area contributed by atoms with Crippen LogP contribution in [0.4, 0.5) is 0 Å². The first kappa shape index (κ1) is 25.2. The number of benzene rings is 3. The van der Waals surface area contributed by atoms with E-state index in [4.69, 9.17) is 4.74 Å². The van der Waals surface area contributed by atoms with Gasteiger partial charge in [-0.2, -0.15) is 5.26 Å². The molecule has 2 bridgehead atoms. The quantitative estimate of drug-likeness (QED) is 0.161. The van der Waals surface area contributed by atoms with E-state index in [1.807, 2.05) is 18.2 Å². The van der Waals surface area contributed by atoms with Crippen LogP contribution in [0.15, 0.2) is 91.0 Å². The summed E-state index contributed by atoms with van der Waals surface area (Å²) in [6, 6.07) is 34.5. The summed E-state index contributed by atoms with van der Waals surface area (Å²) in [6.45, 7) is 4.63. The molecule has 4 atom stereocenters. The van der Waals surface area contributed by atoms with Crippen molar-refractivity contribution in [2.75, 3.05) is 13.2 Å². The maximum Gasteiger partial charge on any atom is 0.107 e. The molecule has 0 amide bonds. The lowest BCUT2D eigenvalue weighted by Gasteiger charge is -2.50. The Labute approximate surface area is 224 Å². The number of hydrogen-bond donors (Lipinski definition) is 0. The van der Waals surface area contributed by atoms with Crippen LogP contribution >= 0.6 is 15.9 Å². The second-order valence-electron chi connectivity index (χ2n) is 10.5. The van der Waals surface area contributed by atoms with Crippen molar-refractivity contribution in [3.63, 3.8) is 0 Å². The highest BCUT2D eigenvalue weighted by molar-refractivity contribution is 9.10. The molecule has 0 spiro atoms. The molecular formula is C32H35BrN2O. The maximum absolute atomic E-state index is 10.8. The van der Waals surface area contributed by atoms with Gasteiger partial charge in [-0.05, 0) is 54.2 Å². The Morgan fingerprint density at radius 2 is 1.53 bits per heavy atom. The standard InChI is InChI=1S/C32H35BrN2O/c1-25-21-30-18-17-29(32(25,33)35(30)19-20-36-23-26-11-5-2-6-12-26)22-31(24-34,27-13-7-3-8-14-27)28-15-9-4-10-16-28/h2-16,25,29-30H,17-23H2,1H3. The molecule has 2 saturated heterocycles. The van der Waals surface area contributed by atoms with E-state index >= 15 is 0 Å². The van der Waals surface area contributed by atoms with Crippen molar-refractivity contribution in [2.24, 2.45) is 11.8 Å². The minimum Gasteiger partial charge on any atom is -0.375 e. The van der Waals surface area contributed by atoms with E-state index in [0.29, 0.717) is 31.1 Å². The third-order valence-corrected chi connectivity index (χ3v) is 10.4. The van der Waals surface area contributed by atoms with Crippen molar-refractivity contribution in [2.45, 2.75) is 55.1 Å². The number of piperidine rings is 1. The molecule has 5 rings (SSSR count). The van der Waals surface area contributed by atoms with Crippen LogP contribution < -0.4 is 0 Å². The summed E-state index contributed by atoms with van der Waals surface area (Å²) >= 11 is 4.32. The third-order valence-electron chi connectivity index (χ3n) is 8.48. The van der Waals surface area contributed by atoms with Gasteiger partial charge >= 0.3 is 0 Å². The van der Waals surface area contributed by atoms with Gasteiger partial charge in [0.1, 0.15) is 5.41 Å². The van der Waals surface area contributed by atoms with E-state index in [1.165, 1.54) is 18.4 Å². The summed E-state index contributed by atoms with van der Waals surface area (Å²) < 4.78 is 5.98. The Bertz CT molecular complexity index is 1120. The molecule has 36 heavy (non-hydrogen) atoms. The maximum atomic E-state index is 10.8.